The van der Waals surface area contributed by atoms with Crippen LogP contribution >= 0.6 is 11.6 Å². The van der Waals surface area contributed by atoms with E-state index in [9.17, 15) is 14.7 Å². The summed E-state index contributed by atoms with van der Waals surface area (Å²) >= 11 is 5.83. The first kappa shape index (κ1) is 15.6. The first-order valence-electron chi connectivity index (χ1n) is 6.32. The maximum atomic E-state index is 12.2. The van der Waals surface area contributed by atoms with Gasteiger partial charge in [-0.05, 0) is 18.2 Å². The van der Waals surface area contributed by atoms with Crippen LogP contribution in [0, 0.1) is 0 Å². The molecule has 0 bridgehead atoms. The monoisotopic (exact) mass is 314 g/mol. The van der Waals surface area contributed by atoms with Crippen LogP contribution in [0.25, 0.3) is 0 Å². The number of aromatic carboxylic acids is 1. The van der Waals surface area contributed by atoms with E-state index in [1.54, 1.807) is 0 Å². The Morgan fingerprint density at radius 2 is 2.24 bits per heavy atom. The average molecular weight is 315 g/mol. The third-order valence-corrected chi connectivity index (χ3v) is 3.39. The van der Waals surface area contributed by atoms with Crippen molar-refractivity contribution >= 4 is 29.3 Å². The molecule has 0 radical (unpaired) electrons. The van der Waals surface area contributed by atoms with Gasteiger partial charge in [-0.3, -0.25) is 0 Å². The van der Waals surface area contributed by atoms with Gasteiger partial charge >= 0.3 is 12.0 Å². The molecule has 1 fully saturated rings. The molecule has 1 aromatic carbocycles. The summed E-state index contributed by atoms with van der Waals surface area (Å²) in [7, 11) is 0. The highest BCUT2D eigenvalue weighted by Gasteiger charge is 2.27. The molecule has 1 aliphatic heterocycles. The fourth-order valence-corrected chi connectivity index (χ4v) is 2.24. The molecule has 8 heteroatoms. The molecule has 3 N–H and O–H groups in total. The van der Waals surface area contributed by atoms with Crippen molar-refractivity contribution < 1.29 is 24.5 Å². The molecule has 1 atom stereocenters. The van der Waals surface area contributed by atoms with Crippen molar-refractivity contribution in [1.82, 2.24) is 4.90 Å². The molecule has 0 spiro atoms. The lowest BCUT2D eigenvalue weighted by molar-refractivity contribution is -0.00485. The van der Waals surface area contributed by atoms with Crippen LogP contribution in [0.3, 0.4) is 0 Å². The summed E-state index contributed by atoms with van der Waals surface area (Å²) in [6.07, 6.45) is 0. The number of rotatable bonds is 3. The molecule has 114 valence electrons. The minimum Gasteiger partial charge on any atom is -0.478 e. The van der Waals surface area contributed by atoms with Crippen LogP contribution in [0.1, 0.15) is 10.4 Å². The maximum absolute atomic E-state index is 12.2. The number of carbonyl (C=O) groups excluding carboxylic acids is 1. The fraction of sp³-hybridized carbons (Fsp3) is 0.385. The zero-order valence-electron chi connectivity index (χ0n) is 11.1. The third-order valence-electron chi connectivity index (χ3n) is 3.15. The summed E-state index contributed by atoms with van der Waals surface area (Å²) in [5.41, 5.74) is 0.0599. The molecule has 0 saturated carbocycles. The Hall–Kier alpha value is -1.83. The number of nitrogens with zero attached hydrogens (tertiary/aromatic N) is 1. The number of carbonyl (C=O) groups is 2. The average Bonchev–Trinajstić information content (AvgIpc) is 2.46. The van der Waals surface area contributed by atoms with E-state index >= 15 is 0 Å². The van der Waals surface area contributed by atoms with Crippen LogP contribution in [0.4, 0.5) is 10.5 Å². The minimum atomic E-state index is -1.16. The van der Waals surface area contributed by atoms with Gasteiger partial charge in [-0.15, -0.1) is 0 Å². The topological polar surface area (TPSA) is 99.1 Å². The molecule has 0 aromatic heterocycles. The Balaban J connectivity index is 2.18. The highest BCUT2D eigenvalue weighted by molar-refractivity contribution is 6.31. The van der Waals surface area contributed by atoms with Gasteiger partial charge in [0.15, 0.2) is 0 Å². The summed E-state index contributed by atoms with van der Waals surface area (Å²) in [4.78, 5) is 24.8. The molecule has 1 unspecified atom stereocenters. The molecule has 2 amide bonds. The number of aliphatic hydroxyl groups excluding tert-OH is 1. The van der Waals surface area contributed by atoms with Crippen molar-refractivity contribution in [2.45, 2.75) is 6.04 Å². The van der Waals surface area contributed by atoms with Gasteiger partial charge in [-0.2, -0.15) is 0 Å². The summed E-state index contributed by atoms with van der Waals surface area (Å²) in [5, 5.41) is 21.2. The van der Waals surface area contributed by atoms with E-state index in [-0.39, 0.29) is 24.5 Å². The number of carboxylic acids is 1. The van der Waals surface area contributed by atoms with Crippen LogP contribution in [-0.4, -0.2) is 59.5 Å². The first-order chi connectivity index (χ1) is 10.0. The van der Waals surface area contributed by atoms with Crippen molar-refractivity contribution in [2.24, 2.45) is 0 Å². The van der Waals surface area contributed by atoms with Crippen molar-refractivity contribution in [3.05, 3.63) is 28.8 Å². The second kappa shape index (κ2) is 6.75. The SMILES string of the molecule is O=C(O)c1ccc(Cl)cc1NC(=O)N1CCOCC1CO. The number of amides is 2. The van der Waals surface area contributed by atoms with E-state index in [2.05, 4.69) is 5.32 Å². The van der Waals surface area contributed by atoms with Crippen molar-refractivity contribution in [2.75, 3.05) is 31.7 Å². The largest absolute Gasteiger partial charge is 0.478 e. The Morgan fingerprint density at radius 1 is 1.48 bits per heavy atom. The number of benzene rings is 1. The van der Waals surface area contributed by atoms with Crippen molar-refractivity contribution in [1.29, 1.82) is 0 Å². The van der Waals surface area contributed by atoms with Crippen molar-refractivity contribution in [3.63, 3.8) is 0 Å². The number of hydrogen-bond donors (Lipinski definition) is 3. The fourth-order valence-electron chi connectivity index (χ4n) is 2.07. The lowest BCUT2D eigenvalue weighted by atomic mass is 10.2. The van der Waals surface area contributed by atoms with E-state index in [4.69, 9.17) is 21.4 Å². The number of nitrogens with one attached hydrogen (secondary N) is 1. The molecule has 1 aromatic rings. The standard InChI is InChI=1S/C13H15ClN2O5/c14-8-1-2-10(12(18)19)11(5-8)15-13(20)16-3-4-21-7-9(16)6-17/h1-2,5,9,17H,3-4,6-7H2,(H,15,20)(H,18,19). The number of hydrogen-bond acceptors (Lipinski definition) is 4. The zero-order chi connectivity index (χ0) is 15.4. The lowest BCUT2D eigenvalue weighted by Crippen LogP contribution is -2.52. The van der Waals surface area contributed by atoms with Gasteiger partial charge in [-0.25, -0.2) is 9.59 Å². The minimum absolute atomic E-state index is 0.0541. The molecule has 7 nitrogen and oxygen atoms in total. The van der Waals surface area contributed by atoms with Gasteiger partial charge in [0.1, 0.15) is 0 Å². The number of morpholine rings is 1. The summed E-state index contributed by atoms with van der Waals surface area (Å²) < 4.78 is 5.19. The molecular formula is C13H15ClN2O5. The highest BCUT2D eigenvalue weighted by atomic mass is 35.5. The lowest BCUT2D eigenvalue weighted by Gasteiger charge is -2.34. The Bertz CT molecular complexity index is 551. The number of ether oxygens (including phenoxy) is 1. The van der Waals surface area contributed by atoms with Gasteiger partial charge in [0.05, 0.1) is 37.1 Å². The summed E-state index contributed by atoms with van der Waals surface area (Å²) in [5.74, 6) is -1.16. The van der Waals surface area contributed by atoms with Gasteiger partial charge in [0.25, 0.3) is 0 Å². The molecule has 0 aliphatic carbocycles. The van der Waals surface area contributed by atoms with E-state index in [1.165, 1.54) is 23.1 Å². The molecule has 1 aliphatic rings. The molecule has 21 heavy (non-hydrogen) atoms. The van der Waals surface area contributed by atoms with Crippen LogP contribution in [0.2, 0.25) is 5.02 Å². The second-order valence-electron chi connectivity index (χ2n) is 4.53. The maximum Gasteiger partial charge on any atom is 0.337 e. The van der Waals surface area contributed by atoms with Crippen LogP contribution in [-0.2, 0) is 4.74 Å². The molecule has 2 rings (SSSR count). The van der Waals surface area contributed by atoms with E-state index in [0.717, 1.165) is 0 Å². The van der Waals surface area contributed by atoms with Gasteiger partial charge in [-0.1, -0.05) is 11.6 Å². The number of carboxylic acid groups (broad SMARTS) is 1. The number of halogens is 1. The molecule has 1 heterocycles. The number of anilines is 1. The summed E-state index contributed by atoms with van der Waals surface area (Å²) in [6, 6.07) is 3.18. The first-order valence-corrected chi connectivity index (χ1v) is 6.69. The van der Waals surface area contributed by atoms with E-state index < -0.39 is 18.0 Å². The normalized spacial score (nSPS) is 18.4. The zero-order valence-corrected chi connectivity index (χ0v) is 11.8. The smallest absolute Gasteiger partial charge is 0.337 e. The quantitative estimate of drug-likeness (QED) is 0.780. The number of aliphatic hydroxyl groups is 1. The van der Waals surface area contributed by atoms with Gasteiger partial charge < -0.3 is 25.2 Å². The molecular weight excluding hydrogens is 300 g/mol. The predicted molar refractivity (Wildman–Crippen MR) is 75.8 cm³/mol. The highest BCUT2D eigenvalue weighted by Crippen LogP contribution is 2.22. The van der Waals surface area contributed by atoms with E-state index in [1.807, 2.05) is 0 Å². The van der Waals surface area contributed by atoms with Gasteiger partial charge in [0, 0.05) is 11.6 Å². The molecule has 1 saturated heterocycles. The van der Waals surface area contributed by atoms with E-state index in [0.29, 0.717) is 18.2 Å². The Labute approximate surface area is 126 Å². The second-order valence-corrected chi connectivity index (χ2v) is 4.97. The van der Waals surface area contributed by atoms with Crippen LogP contribution in [0.5, 0.6) is 0 Å². The predicted octanol–water partition coefficient (Wildman–Crippen LogP) is 1.26. The third kappa shape index (κ3) is 3.63. The Kier molecular flexibility index (Phi) is 5.00. The van der Waals surface area contributed by atoms with Gasteiger partial charge in [0.2, 0.25) is 0 Å². The summed E-state index contributed by atoms with van der Waals surface area (Å²) in [6.45, 7) is 0.700. The van der Waals surface area contributed by atoms with Crippen LogP contribution < -0.4 is 5.32 Å². The Morgan fingerprint density at radius 3 is 2.90 bits per heavy atom. The van der Waals surface area contributed by atoms with Crippen LogP contribution in [0.15, 0.2) is 18.2 Å². The van der Waals surface area contributed by atoms with Crippen molar-refractivity contribution in [3.8, 4) is 0 Å². The number of urea groups is 1.